The summed E-state index contributed by atoms with van der Waals surface area (Å²) >= 11 is 1.38. The van der Waals surface area contributed by atoms with Gasteiger partial charge in [0.15, 0.2) is 0 Å². The van der Waals surface area contributed by atoms with Crippen molar-refractivity contribution in [2.75, 3.05) is 11.4 Å². The minimum atomic E-state index is -0.577. The normalized spacial score (nSPS) is 16.9. The Bertz CT molecular complexity index is 1070. The van der Waals surface area contributed by atoms with Gasteiger partial charge in [0, 0.05) is 12.2 Å². The van der Waals surface area contributed by atoms with Gasteiger partial charge in [-0.15, -0.1) is 11.3 Å². The van der Waals surface area contributed by atoms with E-state index in [4.69, 9.17) is 0 Å². The van der Waals surface area contributed by atoms with Crippen molar-refractivity contribution in [3.63, 3.8) is 0 Å². The lowest BCUT2D eigenvalue weighted by atomic mass is 10.2. The van der Waals surface area contributed by atoms with Crippen LogP contribution in [-0.2, 0) is 16.1 Å². The summed E-state index contributed by atoms with van der Waals surface area (Å²) in [5, 5.41) is 5.03. The van der Waals surface area contributed by atoms with Gasteiger partial charge < -0.3 is 10.2 Å². The number of hydrogen-bond donors (Lipinski definition) is 1. The van der Waals surface area contributed by atoms with Crippen molar-refractivity contribution in [3.05, 3.63) is 58.0 Å². The van der Waals surface area contributed by atoms with Crippen LogP contribution in [0.15, 0.2) is 46.8 Å². The van der Waals surface area contributed by atoms with Crippen molar-refractivity contribution in [1.82, 2.24) is 14.9 Å². The summed E-state index contributed by atoms with van der Waals surface area (Å²) in [5.41, 5.74) is 1.69. The number of carbonyl (C=O) groups is 2. The van der Waals surface area contributed by atoms with Crippen LogP contribution < -0.4 is 15.8 Å². The molecule has 1 aromatic carbocycles. The fourth-order valence-electron chi connectivity index (χ4n) is 3.20. The molecule has 0 spiro atoms. The molecule has 27 heavy (non-hydrogen) atoms. The maximum Gasteiger partial charge on any atom is 0.262 e. The van der Waals surface area contributed by atoms with Gasteiger partial charge in [0.05, 0.1) is 11.7 Å². The predicted molar refractivity (Wildman–Crippen MR) is 104 cm³/mol. The Kier molecular flexibility index (Phi) is 4.49. The maximum atomic E-state index is 12.6. The number of hydrogen-bond acceptors (Lipinski definition) is 5. The van der Waals surface area contributed by atoms with Crippen molar-refractivity contribution in [2.45, 2.75) is 25.9 Å². The van der Waals surface area contributed by atoms with E-state index in [-0.39, 0.29) is 23.9 Å². The molecule has 0 bridgehead atoms. The first-order valence-electron chi connectivity index (χ1n) is 8.63. The van der Waals surface area contributed by atoms with Crippen LogP contribution in [0.25, 0.3) is 10.2 Å². The lowest BCUT2D eigenvalue weighted by molar-refractivity contribution is -0.126. The molecule has 8 heteroatoms. The van der Waals surface area contributed by atoms with E-state index in [0.717, 1.165) is 11.3 Å². The minimum absolute atomic E-state index is 0.133. The average molecular weight is 382 g/mol. The molecule has 0 saturated carbocycles. The number of benzene rings is 1. The largest absolute Gasteiger partial charge is 0.343 e. The Morgan fingerprint density at radius 3 is 2.81 bits per heavy atom. The average Bonchev–Trinajstić information content (AvgIpc) is 3.26. The van der Waals surface area contributed by atoms with Gasteiger partial charge in [-0.05, 0) is 36.9 Å². The van der Waals surface area contributed by atoms with E-state index in [1.165, 1.54) is 22.2 Å². The Labute approximate surface area is 159 Å². The summed E-state index contributed by atoms with van der Waals surface area (Å²) in [7, 11) is 0. The molecule has 1 atom stereocenters. The topological polar surface area (TPSA) is 84.3 Å². The number of nitrogens with one attached hydrogen (secondary N) is 1. The standard InChI is InChI=1S/C19H18N4O3S/c1-12-2-4-13(5-3-12)23-8-6-15(19(23)26)21-16(24)10-22-11-20-17-14(18(22)25)7-9-27-17/h2-5,7,9,11,15H,6,8,10H2,1H3,(H,21,24). The van der Waals surface area contributed by atoms with Gasteiger partial charge in [0.1, 0.15) is 17.4 Å². The molecule has 1 aliphatic heterocycles. The lowest BCUT2D eigenvalue weighted by Crippen LogP contribution is -2.43. The van der Waals surface area contributed by atoms with E-state index in [9.17, 15) is 14.4 Å². The summed E-state index contributed by atoms with van der Waals surface area (Å²) in [6.45, 7) is 2.38. The Morgan fingerprint density at radius 2 is 2.04 bits per heavy atom. The lowest BCUT2D eigenvalue weighted by Gasteiger charge is -2.17. The molecule has 1 fully saturated rings. The molecule has 7 nitrogen and oxygen atoms in total. The number of fused-ring (bicyclic) bond motifs is 1. The third-order valence-electron chi connectivity index (χ3n) is 4.65. The van der Waals surface area contributed by atoms with Gasteiger partial charge in [-0.1, -0.05) is 17.7 Å². The van der Waals surface area contributed by atoms with E-state index >= 15 is 0 Å². The number of aromatic nitrogens is 2. The maximum absolute atomic E-state index is 12.6. The Balaban J connectivity index is 1.43. The quantitative estimate of drug-likeness (QED) is 0.744. The smallest absolute Gasteiger partial charge is 0.262 e. The Hall–Kier alpha value is -3.00. The fraction of sp³-hybridized carbons (Fsp3) is 0.263. The van der Waals surface area contributed by atoms with Crippen LogP contribution in [-0.4, -0.2) is 34.0 Å². The fourth-order valence-corrected chi connectivity index (χ4v) is 3.92. The number of nitrogens with zero attached hydrogens (tertiary/aromatic N) is 3. The first-order valence-corrected chi connectivity index (χ1v) is 9.51. The minimum Gasteiger partial charge on any atom is -0.343 e. The highest BCUT2D eigenvalue weighted by atomic mass is 32.1. The van der Waals surface area contributed by atoms with E-state index in [1.807, 2.05) is 31.2 Å². The Morgan fingerprint density at radius 1 is 1.26 bits per heavy atom. The van der Waals surface area contributed by atoms with Crippen LogP contribution in [0.1, 0.15) is 12.0 Å². The molecular weight excluding hydrogens is 364 g/mol. The van der Waals surface area contributed by atoms with Crippen LogP contribution in [0.2, 0.25) is 0 Å². The zero-order valence-corrected chi connectivity index (χ0v) is 15.5. The number of carbonyl (C=O) groups excluding carboxylic acids is 2. The molecule has 3 heterocycles. The molecule has 4 rings (SSSR count). The zero-order chi connectivity index (χ0) is 19.0. The van der Waals surface area contributed by atoms with E-state index in [1.54, 1.807) is 16.3 Å². The highest BCUT2D eigenvalue weighted by Crippen LogP contribution is 2.22. The second kappa shape index (κ2) is 6.96. The van der Waals surface area contributed by atoms with Crippen LogP contribution in [0, 0.1) is 6.92 Å². The molecule has 2 amide bonds. The highest BCUT2D eigenvalue weighted by molar-refractivity contribution is 7.16. The second-order valence-electron chi connectivity index (χ2n) is 6.55. The third kappa shape index (κ3) is 3.35. The molecule has 3 aromatic rings. The SMILES string of the molecule is Cc1ccc(N2CCC(NC(=O)Cn3cnc4sccc4c3=O)C2=O)cc1. The van der Waals surface area contributed by atoms with Crippen LogP contribution >= 0.6 is 11.3 Å². The van der Waals surface area contributed by atoms with Crippen LogP contribution in [0.5, 0.6) is 0 Å². The monoisotopic (exact) mass is 382 g/mol. The molecule has 1 aliphatic rings. The van der Waals surface area contributed by atoms with Gasteiger partial charge in [-0.2, -0.15) is 0 Å². The summed E-state index contributed by atoms with van der Waals surface area (Å²) in [4.78, 5) is 43.9. The summed E-state index contributed by atoms with van der Waals surface area (Å²) in [6, 6.07) is 8.83. The van der Waals surface area contributed by atoms with Crippen LogP contribution in [0.3, 0.4) is 0 Å². The summed E-state index contributed by atoms with van der Waals surface area (Å²) in [5.74, 6) is -0.511. The first-order chi connectivity index (χ1) is 13.0. The highest BCUT2D eigenvalue weighted by Gasteiger charge is 2.33. The van der Waals surface area contributed by atoms with Gasteiger partial charge in [0.2, 0.25) is 11.8 Å². The molecule has 138 valence electrons. The molecule has 0 radical (unpaired) electrons. The van der Waals surface area contributed by atoms with Crippen molar-refractivity contribution < 1.29 is 9.59 Å². The van der Waals surface area contributed by atoms with Crippen LogP contribution in [0.4, 0.5) is 5.69 Å². The van der Waals surface area contributed by atoms with Gasteiger partial charge in [0.25, 0.3) is 5.56 Å². The molecule has 0 aliphatic carbocycles. The van der Waals surface area contributed by atoms with Crippen molar-refractivity contribution in [2.24, 2.45) is 0 Å². The van der Waals surface area contributed by atoms with Gasteiger partial charge in [-0.25, -0.2) is 4.98 Å². The van der Waals surface area contributed by atoms with E-state index in [2.05, 4.69) is 10.3 Å². The van der Waals surface area contributed by atoms with E-state index < -0.39 is 6.04 Å². The summed E-state index contributed by atoms with van der Waals surface area (Å²) in [6.07, 6.45) is 1.91. The molecule has 2 aromatic heterocycles. The number of rotatable bonds is 4. The van der Waals surface area contributed by atoms with Gasteiger partial charge in [-0.3, -0.25) is 19.0 Å². The zero-order valence-electron chi connectivity index (χ0n) is 14.7. The number of anilines is 1. The van der Waals surface area contributed by atoms with Crippen molar-refractivity contribution in [3.8, 4) is 0 Å². The van der Waals surface area contributed by atoms with Gasteiger partial charge >= 0.3 is 0 Å². The van der Waals surface area contributed by atoms with Crippen molar-refractivity contribution >= 4 is 39.1 Å². The number of amides is 2. The third-order valence-corrected chi connectivity index (χ3v) is 5.47. The molecule has 1 unspecified atom stereocenters. The molecule has 1 N–H and O–H groups in total. The second-order valence-corrected chi connectivity index (χ2v) is 7.45. The van der Waals surface area contributed by atoms with Crippen molar-refractivity contribution in [1.29, 1.82) is 0 Å². The molecule has 1 saturated heterocycles. The summed E-state index contributed by atoms with van der Waals surface area (Å²) < 4.78 is 1.27. The first kappa shape index (κ1) is 17.4. The number of aryl methyl sites for hydroxylation is 1. The molecular formula is C19H18N4O3S. The number of thiophene rings is 1. The van der Waals surface area contributed by atoms with E-state index in [0.29, 0.717) is 23.2 Å². The predicted octanol–water partition coefficient (Wildman–Crippen LogP) is 1.69.